The molecule has 4 rings (SSSR count). The maximum absolute atomic E-state index is 12.8. The number of hydrogen-bond acceptors (Lipinski definition) is 8. The summed E-state index contributed by atoms with van der Waals surface area (Å²) in [6.45, 7) is 3.72. The van der Waals surface area contributed by atoms with Gasteiger partial charge < -0.3 is 0 Å². The Labute approximate surface area is 175 Å². The highest BCUT2D eigenvalue weighted by Gasteiger charge is 2.36. The fraction of sp³-hybridized carbons (Fsp3) is 0.150. The summed E-state index contributed by atoms with van der Waals surface area (Å²) < 4.78 is 0. The molecule has 2 heterocycles. The average molecular weight is 420 g/mol. The van der Waals surface area contributed by atoms with Crippen molar-refractivity contribution < 1.29 is 9.72 Å². The summed E-state index contributed by atoms with van der Waals surface area (Å²) in [6.07, 6.45) is 0. The van der Waals surface area contributed by atoms with E-state index in [2.05, 4.69) is 20.3 Å². The summed E-state index contributed by atoms with van der Waals surface area (Å²) >= 11 is 1.32. The van der Waals surface area contributed by atoms with Crippen molar-refractivity contribution >= 4 is 39.5 Å². The van der Waals surface area contributed by atoms with Crippen LogP contribution in [0.15, 0.2) is 69.2 Å². The van der Waals surface area contributed by atoms with E-state index in [-0.39, 0.29) is 11.6 Å². The number of hydrazone groups is 1. The molecular weight excluding hydrogens is 404 g/mol. The molecule has 1 aliphatic rings. The Bertz CT molecular complexity index is 1170. The number of nitro benzene ring substituents is 1. The van der Waals surface area contributed by atoms with Gasteiger partial charge in [0, 0.05) is 23.1 Å². The van der Waals surface area contributed by atoms with E-state index in [0.717, 1.165) is 16.8 Å². The van der Waals surface area contributed by atoms with Crippen molar-refractivity contribution in [2.75, 3.05) is 5.01 Å². The zero-order chi connectivity index (χ0) is 21.3. The molecule has 0 saturated heterocycles. The molecule has 1 aromatic heterocycles. The van der Waals surface area contributed by atoms with Crippen LogP contribution in [-0.2, 0) is 4.79 Å². The van der Waals surface area contributed by atoms with E-state index in [1.54, 1.807) is 6.92 Å². The molecule has 0 unspecified atom stereocenters. The number of benzene rings is 2. The molecule has 10 heteroatoms. The van der Waals surface area contributed by atoms with Crippen molar-refractivity contribution in [3.8, 4) is 11.3 Å². The monoisotopic (exact) mass is 420 g/mol. The number of amides is 1. The Morgan fingerprint density at radius 1 is 1.10 bits per heavy atom. The largest absolute Gasteiger partial charge is 0.282 e. The molecule has 0 aliphatic carbocycles. The summed E-state index contributed by atoms with van der Waals surface area (Å²) in [4.78, 5) is 27.6. The highest BCUT2D eigenvalue weighted by molar-refractivity contribution is 7.14. The molecule has 9 nitrogen and oxygen atoms in total. The SMILES string of the molecule is CC1=NN(c2nc(-c3ccc(C)cc3)cs2)C(=O)[C@H]1N=Nc1ccc([N+](=O)[O-])cc1. The quantitative estimate of drug-likeness (QED) is 0.332. The first-order chi connectivity index (χ1) is 14.4. The summed E-state index contributed by atoms with van der Waals surface area (Å²) in [7, 11) is 0. The Hall–Kier alpha value is -3.79. The Kier molecular flexibility index (Phi) is 5.15. The topological polar surface area (TPSA) is 113 Å². The first-order valence-electron chi connectivity index (χ1n) is 8.99. The zero-order valence-electron chi connectivity index (χ0n) is 16.1. The van der Waals surface area contributed by atoms with Gasteiger partial charge in [0.1, 0.15) is 0 Å². The predicted octanol–water partition coefficient (Wildman–Crippen LogP) is 4.90. The van der Waals surface area contributed by atoms with Gasteiger partial charge in [-0.25, -0.2) is 4.98 Å². The molecule has 1 atom stereocenters. The number of anilines is 1. The van der Waals surface area contributed by atoms with Crippen LogP contribution in [0.3, 0.4) is 0 Å². The van der Waals surface area contributed by atoms with E-state index in [4.69, 9.17) is 0 Å². The van der Waals surface area contributed by atoms with E-state index in [1.165, 1.54) is 40.6 Å². The van der Waals surface area contributed by atoms with Crippen LogP contribution in [0.4, 0.5) is 16.5 Å². The number of nitrogens with zero attached hydrogens (tertiary/aromatic N) is 6. The smallest absolute Gasteiger partial charge is 0.269 e. The fourth-order valence-corrected chi connectivity index (χ4v) is 3.60. The van der Waals surface area contributed by atoms with Gasteiger partial charge in [-0.1, -0.05) is 29.8 Å². The van der Waals surface area contributed by atoms with Crippen LogP contribution >= 0.6 is 11.3 Å². The summed E-state index contributed by atoms with van der Waals surface area (Å²) in [5, 5.41) is 26.7. The van der Waals surface area contributed by atoms with Crippen LogP contribution in [0, 0.1) is 17.0 Å². The van der Waals surface area contributed by atoms with Crippen molar-refractivity contribution in [3.05, 3.63) is 69.6 Å². The molecule has 150 valence electrons. The van der Waals surface area contributed by atoms with E-state index < -0.39 is 11.0 Å². The second-order valence-electron chi connectivity index (χ2n) is 6.66. The summed E-state index contributed by atoms with van der Waals surface area (Å²) in [6, 6.07) is 12.7. The number of azo groups is 1. The second kappa shape index (κ2) is 7.91. The number of aryl methyl sites for hydroxylation is 1. The van der Waals surface area contributed by atoms with Crippen LogP contribution < -0.4 is 5.01 Å². The number of nitro groups is 1. The van der Waals surface area contributed by atoms with Crippen molar-refractivity contribution in [3.63, 3.8) is 0 Å². The van der Waals surface area contributed by atoms with Gasteiger partial charge in [-0.15, -0.1) is 11.3 Å². The Balaban J connectivity index is 1.51. The van der Waals surface area contributed by atoms with Crippen LogP contribution in [0.1, 0.15) is 12.5 Å². The molecule has 0 saturated carbocycles. The maximum Gasteiger partial charge on any atom is 0.282 e. The summed E-state index contributed by atoms with van der Waals surface area (Å²) in [5.41, 5.74) is 3.76. The third-order valence-corrected chi connectivity index (χ3v) is 5.28. The average Bonchev–Trinajstić information content (AvgIpc) is 3.32. The fourth-order valence-electron chi connectivity index (χ4n) is 2.81. The Morgan fingerprint density at radius 3 is 2.47 bits per heavy atom. The minimum atomic E-state index is -0.855. The van der Waals surface area contributed by atoms with Crippen molar-refractivity contribution in [1.82, 2.24) is 4.98 Å². The van der Waals surface area contributed by atoms with E-state index in [1.807, 2.05) is 36.6 Å². The molecule has 3 aromatic rings. The molecule has 0 N–H and O–H groups in total. The minimum Gasteiger partial charge on any atom is -0.269 e. The second-order valence-corrected chi connectivity index (χ2v) is 7.50. The van der Waals surface area contributed by atoms with Crippen LogP contribution in [0.25, 0.3) is 11.3 Å². The van der Waals surface area contributed by atoms with E-state index in [9.17, 15) is 14.9 Å². The molecule has 0 fully saturated rings. The molecule has 2 aromatic carbocycles. The number of hydrogen-bond donors (Lipinski definition) is 0. The van der Waals surface area contributed by atoms with Gasteiger partial charge in [0.15, 0.2) is 6.04 Å². The standard InChI is InChI=1S/C20H16N6O3S/c1-12-3-5-14(6-4-12)17-11-30-20(21-17)25-19(27)18(13(2)24-25)23-22-15-7-9-16(10-8-15)26(28)29/h3-11,18H,1-2H3/t18-/m0/s1. The molecule has 1 aliphatic heterocycles. The third kappa shape index (κ3) is 3.85. The molecule has 30 heavy (non-hydrogen) atoms. The molecule has 0 bridgehead atoms. The molecule has 0 spiro atoms. The van der Waals surface area contributed by atoms with Gasteiger partial charge in [0.25, 0.3) is 11.6 Å². The Morgan fingerprint density at radius 2 is 1.80 bits per heavy atom. The lowest BCUT2D eigenvalue weighted by Gasteiger charge is -2.08. The first kappa shape index (κ1) is 19.5. The van der Waals surface area contributed by atoms with Crippen LogP contribution in [0.2, 0.25) is 0 Å². The number of rotatable bonds is 5. The van der Waals surface area contributed by atoms with Crippen LogP contribution in [0.5, 0.6) is 0 Å². The lowest BCUT2D eigenvalue weighted by atomic mass is 10.1. The van der Waals surface area contributed by atoms with Crippen molar-refractivity contribution in [2.45, 2.75) is 19.9 Å². The van der Waals surface area contributed by atoms with Gasteiger partial charge in [-0.3, -0.25) is 14.9 Å². The maximum atomic E-state index is 12.8. The van der Waals surface area contributed by atoms with E-state index >= 15 is 0 Å². The van der Waals surface area contributed by atoms with Gasteiger partial charge in [-0.2, -0.15) is 20.3 Å². The highest BCUT2D eigenvalue weighted by Crippen LogP contribution is 2.31. The van der Waals surface area contributed by atoms with Gasteiger partial charge in [0.05, 0.1) is 22.0 Å². The van der Waals surface area contributed by atoms with Crippen LogP contribution in [-0.4, -0.2) is 27.6 Å². The number of carbonyl (C=O) groups is 1. The van der Waals surface area contributed by atoms with Gasteiger partial charge in [-0.05, 0) is 26.0 Å². The highest BCUT2D eigenvalue weighted by atomic mass is 32.1. The minimum absolute atomic E-state index is 0.0389. The van der Waals surface area contributed by atoms with Crippen molar-refractivity contribution in [2.24, 2.45) is 15.3 Å². The van der Waals surface area contributed by atoms with E-state index in [0.29, 0.717) is 16.5 Å². The normalized spacial score (nSPS) is 16.3. The molecule has 0 radical (unpaired) electrons. The molecular formula is C20H16N6O3S. The molecule has 1 amide bonds. The number of aromatic nitrogens is 1. The number of thiazole rings is 1. The zero-order valence-corrected chi connectivity index (χ0v) is 16.9. The predicted molar refractivity (Wildman–Crippen MR) is 114 cm³/mol. The summed E-state index contributed by atoms with van der Waals surface area (Å²) in [5.74, 6) is -0.344. The lowest BCUT2D eigenvalue weighted by molar-refractivity contribution is -0.384. The first-order valence-corrected chi connectivity index (χ1v) is 9.87. The number of carbonyl (C=O) groups excluding carboxylic acids is 1. The van der Waals surface area contributed by atoms with Gasteiger partial charge >= 0.3 is 0 Å². The van der Waals surface area contributed by atoms with Crippen molar-refractivity contribution in [1.29, 1.82) is 0 Å². The lowest BCUT2D eigenvalue weighted by Crippen LogP contribution is -2.29. The third-order valence-electron chi connectivity index (χ3n) is 4.47. The van der Waals surface area contributed by atoms with Gasteiger partial charge in [0.2, 0.25) is 5.13 Å². The number of non-ortho nitro benzene ring substituents is 1.